The van der Waals surface area contributed by atoms with Crippen LogP contribution in [0.15, 0.2) is 48.5 Å². The molecule has 1 fully saturated rings. The second-order valence-corrected chi connectivity index (χ2v) is 7.18. The van der Waals surface area contributed by atoms with E-state index in [-0.39, 0.29) is 17.1 Å². The number of benzene rings is 2. The van der Waals surface area contributed by atoms with Gasteiger partial charge in [0.05, 0.1) is 0 Å². The molecule has 33 heavy (non-hydrogen) atoms. The smallest absolute Gasteiger partial charge is 0.332 e. The Kier molecular flexibility index (Phi) is 6.73. The average Bonchev–Trinajstić information content (AvgIpc) is 2.76. The lowest BCUT2D eigenvalue weighted by Gasteiger charge is -2.41. The zero-order valence-electron chi connectivity index (χ0n) is 18.1. The third-order valence-corrected chi connectivity index (χ3v) is 4.76. The number of imide groups is 1. The van der Waals surface area contributed by atoms with E-state index in [2.05, 4.69) is 5.32 Å². The van der Waals surface area contributed by atoms with E-state index in [1.165, 1.54) is 37.1 Å². The molecule has 0 aliphatic carbocycles. The first-order valence-corrected chi connectivity index (χ1v) is 9.83. The number of urea groups is 1. The lowest BCUT2D eigenvalue weighted by Crippen LogP contribution is -2.71. The Morgan fingerprint density at radius 1 is 0.939 bits per heavy atom. The molecule has 172 valence electrons. The molecular weight excluding hydrogens is 432 g/mol. The van der Waals surface area contributed by atoms with Gasteiger partial charge >= 0.3 is 18.0 Å². The number of nitrogens with one attached hydrogen (secondary N) is 1. The SMILES string of the molecule is CC(=O)Oc1ccc(C(=O)NC2C(=O)N(C)C(=O)N(c3ccccc3)C2N)cc1OC(C)=O. The van der Waals surface area contributed by atoms with Crippen molar-refractivity contribution in [3.05, 3.63) is 54.1 Å². The summed E-state index contributed by atoms with van der Waals surface area (Å²) < 4.78 is 10.0. The van der Waals surface area contributed by atoms with Crippen molar-refractivity contribution in [1.29, 1.82) is 0 Å². The highest BCUT2D eigenvalue weighted by Gasteiger charge is 2.44. The highest BCUT2D eigenvalue weighted by Crippen LogP contribution is 2.29. The minimum absolute atomic E-state index is 0.00738. The first-order chi connectivity index (χ1) is 15.6. The standard InChI is InChI=1S/C22H22N4O7/c1-12(27)32-16-10-9-14(11-17(16)33-13(2)28)20(29)24-18-19(23)26(15-7-5-4-6-8-15)22(31)25(3)21(18)30/h4-11,18-19H,23H2,1-3H3,(H,24,29). The molecule has 3 N–H and O–H groups in total. The molecule has 0 bridgehead atoms. The van der Waals surface area contributed by atoms with Crippen LogP contribution in [0.3, 0.4) is 0 Å². The van der Waals surface area contributed by atoms with Gasteiger partial charge in [-0.05, 0) is 30.3 Å². The molecule has 2 unspecified atom stereocenters. The number of anilines is 1. The van der Waals surface area contributed by atoms with Crippen LogP contribution < -0.4 is 25.4 Å². The number of hydrogen-bond acceptors (Lipinski definition) is 8. The van der Waals surface area contributed by atoms with Gasteiger partial charge in [0.1, 0.15) is 12.2 Å². The quantitative estimate of drug-likeness (QED) is 0.502. The van der Waals surface area contributed by atoms with Crippen molar-refractivity contribution in [2.24, 2.45) is 5.73 Å². The summed E-state index contributed by atoms with van der Waals surface area (Å²) in [5.74, 6) is -2.95. The fourth-order valence-corrected chi connectivity index (χ4v) is 3.25. The summed E-state index contributed by atoms with van der Waals surface area (Å²) in [4.78, 5) is 63.1. The number of ether oxygens (including phenoxy) is 2. The number of hydrogen-bond donors (Lipinski definition) is 2. The summed E-state index contributed by atoms with van der Waals surface area (Å²) in [5, 5.41) is 2.53. The number of nitrogens with zero attached hydrogens (tertiary/aromatic N) is 2. The zero-order chi connectivity index (χ0) is 24.3. The summed E-state index contributed by atoms with van der Waals surface area (Å²) in [6, 6.07) is 10.4. The van der Waals surface area contributed by atoms with Crippen LogP contribution in [-0.2, 0) is 14.4 Å². The molecule has 0 radical (unpaired) electrons. The van der Waals surface area contributed by atoms with Gasteiger partial charge in [-0.3, -0.25) is 29.0 Å². The first kappa shape index (κ1) is 23.4. The molecule has 2 aromatic rings. The van der Waals surface area contributed by atoms with Crippen molar-refractivity contribution in [3.8, 4) is 11.5 Å². The maximum absolute atomic E-state index is 12.9. The van der Waals surface area contributed by atoms with Crippen LogP contribution >= 0.6 is 0 Å². The van der Waals surface area contributed by atoms with E-state index in [0.29, 0.717) is 5.69 Å². The number of rotatable bonds is 5. The lowest BCUT2D eigenvalue weighted by atomic mass is 10.1. The maximum atomic E-state index is 12.9. The number of para-hydroxylation sites is 1. The second-order valence-electron chi connectivity index (χ2n) is 7.18. The fourth-order valence-electron chi connectivity index (χ4n) is 3.25. The molecule has 1 saturated heterocycles. The monoisotopic (exact) mass is 454 g/mol. The van der Waals surface area contributed by atoms with Crippen molar-refractivity contribution >= 4 is 35.5 Å². The first-order valence-electron chi connectivity index (χ1n) is 9.83. The molecule has 2 atom stereocenters. The molecule has 1 heterocycles. The van der Waals surface area contributed by atoms with Gasteiger partial charge in [0, 0.05) is 32.1 Å². The van der Waals surface area contributed by atoms with E-state index in [1.807, 2.05) is 0 Å². The topological polar surface area (TPSA) is 148 Å². The van der Waals surface area contributed by atoms with Gasteiger partial charge in [0.15, 0.2) is 11.5 Å². The van der Waals surface area contributed by atoms with Crippen LogP contribution in [-0.4, -0.2) is 53.9 Å². The number of carbonyl (C=O) groups excluding carboxylic acids is 5. The number of carbonyl (C=O) groups is 5. The Hall–Kier alpha value is -4.25. The predicted octanol–water partition coefficient (Wildman–Crippen LogP) is 1.02. The van der Waals surface area contributed by atoms with Crippen LogP contribution in [0.4, 0.5) is 10.5 Å². The molecular formula is C22H22N4O7. The Balaban J connectivity index is 1.89. The number of likely N-dealkylation sites (N-methyl/N-ethyl adjacent to an activating group) is 1. The molecule has 11 nitrogen and oxygen atoms in total. The van der Waals surface area contributed by atoms with E-state index in [9.17, 15) is 24.0 Å². The van der Waals surface area contributed by atoms with E-state index >= 15 is 0 Å². The van der Waals surface area contributed by atoms with Gasteiger partial charge in [-0.1, -0.05) is 18.2 Å². The molecule has 0 spiro atoms. The molecule has 3 rings (SSSR count). The van der Waals surface area contributed by atoms with Crippen LogP contribution in [0.2, 0.25) is 0 Å². The maximum Gasteiger partial charge on any atom is 0.332 e. The second kappa shape index (κ2) is 9.49. The normalized spacial score (nSPS) is 18.1. The average molecular weight is 454 g/mol. The molecule has 1 aliphatic heterocycles. The van der Waals surface area contributed by atoms with Crippen molar-refractivity contribution in [1.82, 2.24) is 10.2 Å². The van der Waals surface area contributed by atoms with Gasteiger partial charge in [0.25, 0.3) is 11.8 Å². The Morgan fingerprint density at radius 2 is 1.55 bits per heavy atom. The third-order valence-electron chi connectivity index (χ3n) is 4.76. The molecule has 0 saturated carbocycles. The Bertz CT molecular complexity index is 1120. The van der Waals surface area contributed by atoms with Gasteiger partial charge in [0.2, 0.25) is 0 Å². The van der Waals surface area contributed by atoms with Crippen LogP contribution in [0.5, 0.6) is 11.5 Å². The Morgan fingerprint density at radius 3 is 2.15 bits per heavy atom. The molecule has 2 aromatic carbocycles. The third kappa shape index (κ3) is 4.99. The molecule has 4 amide bonds. The van der Waals surface area contributed by atoms with Gasteiger partial charge in [-0.15, -0.1) is 0 Å². The summed E-state index contributed by atoms with van der Waals surface area (Å²) in [6.45, 7) is 2.32. The summed E-state index contributed by atoms with van der Waals surface area (Å²) in [6.07, 6.45) is -1.18. The summed E-state index contributed by atoms with van der Waals surface area (Å²) >= 11 is 0. The van der Waals surface area contributed by atoms with E-state index < -0.39 is 42.0 Å². The number of amides is 4. The highest BCUT2D eigenvalue weighted by atomic mass is 16.6. The molecule has 0 aromatic heterocycles. The zero-order valence-corrected chi connectivity index (χ0v) is 18.1. The van der Waals surface area contributed by atoms with E-state index in [4.69, 9.17) is 15.2 Å². The van der Waals surface area contributed by atoms with Gasteiger partial charge in [-0.2, -0.15) is 0 Å². The minimum Gasteiger partial charge on any atom is -0.423 e. The van der Waals surface area contributed by atoms with Crippen molar-refractivity contribution in [3.63, 3.8) is 0 Å². The van der Waals surface area contributed by atoms with Crippen LogP contribution in [0, 0.1) is 0 Å². The fraction of sp³-hybridized carbons (Fsp3) is 0.227. The van der Waals surface area contributed by atoms with E-state index in [0.717, 1.165) is 11.8 Å². The summed E-state index contributed by atoms with van der Waals surface area (Å²) in [7, 11) is 1.29. The molecule has 11 heteroatoms. The van der Waals surface area contributed by atoms with Gasteiger partial charge < -0.3 is 20.5 Å². The number of nitrogens with two attached hydrogens (primary N) is 1. The van der Waals surface area contributed by atoms with Crippen molar-refractivity contribution in [2.75, 3.05) is 11.9 Å². The van der Waals surface area contributed by atoms with Crippen molar-refractivity contribution < 1.29 is 33.4 Å². The van der Waals surface area contributed by atoms with Crippen LogP contribution in [0.1, 0.15) is 24.2 Å². The van der Waals surface area contributed by atoms with Crippen molar-refractivity contribution in [2.45, 2.75) is 26.1 Å². The minimum atomic E-state index is -1.26. The molecule has 1 aliphatic rings. The Labute approximate surface area is 189 Å². The van der Waals surface area contributed by atoms with Gasteiger partial charge in [-0.25, -0.2) is 4.79 Å². The summed E-state index contributed by atoms with van der Waals surface area (Å²) in [5.41, 5.74) is 6.68. The highest BCUT2D eigenvalue weighted by molar-refractivity contribution is 6.10. The van der Waals surface area contributed by atoms with E-state index in [1.54, 1.807) is 30.3 Å². The predicted molar refractivity (Wildman–Crippen MR) is 115 cm³/mol. The number of esters is 2. The largest absolute Gasteiger partial charge is 0.423 e. The van der Waals surface area contributed by atoms with Crippen LogP contribution in [0.25, 0.3) is 0 Å². The lowest BCUT2D eigenvalue weighted by molar-refractivity contribution is -0.134.